The Hall–Kier alpha value is -1.14. The van der Waals surface area contributed by atoms with Gasteiger partial charge in [-0.1, -0.05) is 29.3 Å². The van der Waals surface area contributed by atoms with Gasteiger partial charge >= 0.3 is 0 Å². The Kier molecular flexibility index (Phi) is 6.34. The quantitative estimate of drug-likeness (QED) is 0.721. The highest BCUT2D eigenvalue weighted by atomic mass is 35.5. The molecule has 0 unspecified atom stereocenters. The molecule has 7 heteroatoms. The van der Waals surface area contributed by atoms with E-state index >= 15 is 0 Å². The number of aromatic nitrogens is 1. The number of benzene rings is 1. The molecule has 134 valence electrons. The minimum Gasteiger partial charge on any atom is -0.351 e. The predicted octanol–water partition coefficient (Wildman–Crippen LogP) is 4.64. The van der Waals surface area contributed by atoms with E-state index in [0.29, 0.717) is 21.5 Å². The van der Waals surface area contributed by atoms with Gasteiger partial charge in [0.1, 0.15) is 9.88 Å². The van der Waals surface area contributed by atoms with Crippen LogP contribution in [-0.2, 0) is 0 Å². The lowest BCUT2D eigenvalue weighted by Crippen LogP contribution is -2.28. The number of amides is 1. The van der Waals surface area contributed by atoms with Crippen molar-refractivity contribution < 1.29 is 4.79 Å². The summed E-state index contributed by atoms with van der Waals surface area (Å²) < 4.78 is 0. The predicted molar refractivity (Wildman–Crippen MR) is 105 cm³/mol. The number of aryl methyl sites for hydroxylation is 1. The first-order chi connectivity index (χ1) is 12.0. The Morgan fingerprint density at radius 2 is 2.04 bits per heavy atom. The van der Waals surface area contributed by atoms with E-state index < -0.39 is 0 Å². The third-order valence-electron chi connectivity index (χ3n) is 4.30. The lowest BCUT2D eigenvalue weighted by atomic mass is 10.2. The number of likely N-dealkylation sites (tertiary alicyclic amines) is 1. The minimum absolute atomic E-state index is 0.0530. The normalized spacial score (nSPS) is 14.8. The van der Waals surface area contributed by atoms with Gasteiger partial charge in [0.25, 0.3) is 5.91 Å². The molecule has 1 aliphatic rings. The lowest BCUT2D eigenvalue weighted by molar-refractivity contribution is 0.0955. The SMILES string of the molecule is Cc1nc(-c2ccc(Cl)c(Cl)c2)sc1C(=O)NCCCN1CCCC1. The van der Waals surface area contributed by atoms with E-state index in [1.807, 2.05) is 13.0 Å². The van der Waals surface area contributed by atoms with Crippen molar-refractivity contribution in [3.8, 4) is 10.6 Å². The van der Waals surface area contributed by atoms with Gasteiger partial charge in [0.2, 0.25) is 0 Å². The molecule has 1 fully saturated rings. The summed E-state index contributed by atoms with van der Waals surface area (Å²) >= 11 is 13.4. The molecule has 0 saturated carbocycles. The van der Waals surface area contributed by atoms with Gasteiger partial charge in [0.05, 0.1) is 15.7 Å². The Balaban J connectivity index is 1.59. The second-order valence-corrected chi connectivity index (χ2v) is 8.03. The van der Waals surface area contributed by atoms with Crippen molar-refractivity contribution in [2.24, 2.45) is 0 Å². The first kappa shape index (κ1) is 18.6. The van der Waals surface area contributed by atoms with E-state index in [1.165, 1.54) is 37.3 Å². The van der Waals surface area contributed by atoms with Gasteiger partial charge in [0.15, 0.2) is 0 Å². The third kappa shape index (κ3) is 4.73. The molecule has 4 nitrogen and oxygen atoms in total. The van der Waals surface area contributed by atoms with Crippen molar-refractivity contribution in [1.82, 2.24) is 15.2 Å². The molecule has 2 heterocycles. The van der Waals surface area contributed by atoms with Crippen LogP contribution < -0.4 is 5.32 Å². The zero-order valence-corrected chi connectivity index (χ0v) is 16.5. The number of thiazole rings is 1. The van der Waals surface area contributed by atoms with Crippen LogP contribution in [0.25, 0.3) is 10.6 Å². The van der Waals surface area contributed by atoms with Crippen LogP contribution in [0, 0.1) is 6.92 Å². The van der Waals surface area contributed by atoms with E-state index in [-0.39, 0.29) is 5.91 Å². The number of rotatable bonds is 6. The maximum atomic E-state index is 12.4. The van der Waals surface area contributed by atoms with E-state index in [9.17, 15) is 4.79 Å². The monoisotopic (exact) mass is 397 g/mol. The second kappa shape index (κ2) is 8.49. The Morgan fingerprint density at radius 3 is 2.76 bits per heavy atom. The molecule has 1 N–H and O–H groups in total. The van der Waals surface area contributed by atoms with Crippen molar-refractivity contribution >= 4 is 40.4 Å². The molecule has 0 radical (unpaired) electrons. The summed E-state index contributed by atoms with van der Waals surface area (Å²) in [4.78, 5) is 20.0. The largest absolute Gasteiger partial charge is 0.351 e. The summed E-state index contributed by atoms with van der Waals surface area (Å²) in [5.74, 6) is -0.0530. The first-order valence-corrected chi connectivity index (χ1v) is 10.1. The molecular formula is C18H21Cl2N3OS. The summed E-state index contributed by atoms with van der Waals surface area (Å²) in [6.45, 7) is 5.98. The van der Waals surface area contributed by atoms with E-state index in [4.69, 9.17) is 23.2 Å². The van der Waals surface area contributed by atoms with Crippen LogP contribution in [0.1, 0.15) is 34.6 Å². The molecule has 0 bridgehead atoms. The summed E-state index contributed by atoms with van der Waals surface area (Å²) in [7, 11) is 0. The van der Waals surface area contributed by atoms with Gasteiger partial charge in [0, 0.05) is 12.1 Å². The number of hydrogen-bond donors (Lipinski definition) is 1. The second-order valence-electron chi connectivity index (χ2n) is 6.22. The van der Waals surface area contributed by atoms with Crippen molar-refractivity contribution in [3.05, 3.63) is 38.8 Å². The fourth-order valence-electron chi connectivity index (χ4n) is 2.95. The highest BCUT2D eigenvalue weighted by molar-refractivity contribution is 7.17. The van der Waals surface area contributed by atoms with Crippen molar-refractivity contribution in [1.29, 1.82) is 0 Å². The molecule has 2 aromatic rings. The van der Waals surface area contributed by atoms with Crippen LogP contribution in [0.4, 0.5) is 0 Å². The third-order valence-corrected chi connectivity index (χ3v) is 6.25. The van der Waals surface area contributed by atoms with Gasteiger partial charge in [-0.15, -0.1) is 11.3 Å². The average Bonchev–Trinajstić information content (AvgIpc) is 3.23. The summed E-state index contributed by atoms with van der Waals surface area (Å²) in [6.07, 6.45) is 3.57. The minimum atomic E-state index is -0.0530. The smallest absolute Gasteiger partial charge is 0.263 e. The fourth-order valence-corrected chi connectivity index (χ4v) is 4.23. The summed E-state index contributed by atoms with van der Waals surface area (Å²) in [6, 6.07) is 5.39. The number of nitrogens with one attached hydrogen (secondary N) is 1. The summed E-state index contributed by atoms with van der Waals surface area (Å²) in [5.41, 5.74) is 1.61. The van der Waals surface area contributed by atoms with E-state index in [1.54, 1.807) is 12.1 Å². The van der Waals surface area contributed by atoms with Gasteiger partial charge in [-0.2, -0.15) is 0 Å². The summed E-state index contributed by atoms with van der Waals surface area (Å²) in [5, 5.41) is 4.78. The number of hydrogen-bond acceptors (Lipinski definition) is 4. The van der Waals surface area contributed by atoms with Gasteiger partial charge in [-0.05, 0) is 58.0 Å². The van der Waals surface area contributed by atoms with Crippen LogP contribution >= 0.6 is 34.5 Å². The van der Waals surface area contributed by atoms with Crippen LogP contribution in [0.2, 0.25) is 10.0 Å². The molecule has 0 atom stereocenters. The highest BCUT2D eigenvalue weighted by Gasteiger charge is 2.17. The van der Waals surface area contributed by atoms with Crippen LogP contribution in [0.15, 0.2) is 18.2 Å². The number of carbonyl (C=O) groups is 1. The van der Waals surface area contributed by atoms with E-state index in [0.717, 1.165) is 29.2 Å². The van der Waals surface area contributed by atoms with Gasteiger partial charge in [-0.3, -0.25) is 4.79 Å². The lowest BCUT2D eigenvalue weighted by Gasteiger charge is -2.14. The topological polar surface area (TPSA) is 45.2 Å². The van der Waals surface area contributed by atoms with Gasteiger partial charge < -0.3 is 10.2 Å². The Labute approximate surface area is 162 Å². The molecule has 1 aromatic carbocycles. The number of nitrogens with zero attached hydrogens (tertiary/aromatic N) is 2. The average molecular weight is 398 g/mol. The number of halogens is 2. The van der Waals surface area contributed by atoms with Gasteiger partial charge in [-0.25, -0.2) is 4.98 Å². The molecule has 0 spiro atoms. The zero-order valence-electron chi connectivity index (χ0n) is 14.1. The maximum absolute atomic E-state index is 12.4. The van der Waals surface area contributed by atoms with E-state index in [2.05, 4.69) is 15.2 Å². The van der Waals surface area contributed by atoms with Crippen LogP contribution in [0.3, 0.4) is 0 Å². The van der Waals surface area contributed by atoms with Crippen LogP contribution in [-0.4, -0.2) is 42.0 Å². The first-order valence-electron chi connectivity index (χ1n) is 8.48. The molecule has 1 aliphatic heterocycles. The molecule has 0 aliphatic carbocycles. The Bertz CT molecular complexity index is 757. The molecular weight excluding hydrogens is 377 g/mol. The molecule has 25 heavy (non-hydrogen) atoms. The standard InChI is InChI=1S/C18H21Cl2N3OS/c1-12-16(17(24)21-7-4-10-23-8-2-3-9-23)25-18(22-12)13-5-6-14(19)15(20)11-13/h5-6,11H,2-4,7-10H2,1H3,(H,21,24). The zero-order chi connectivity index (χ0) is 17.8. The molecule has 1 saturated heterocycles. The maximum Gasteiger partial charge on any atom is 0.263 e. The highest BCUT2D eigenvalue weighted by Crippen LogP contribution is 2.32. The molecule has 1 amide bonds. The van der Waals surface area contributed by atoms with Crippen molar-refractivity contribution in [2.45, 2.75) is 26.2 Å². The van der Waals surface area contributed by atoms with Crippen molar-refractivity contribution in [3.63, 3.8) is 0 Å². The van der Waals surface area contributed by atoms with Crippen LogP contribution in [0.5, 0.6) is 0 Å². The van der Waals surface area contributed by atoms with Crippen molar-refractivity contribution in [2.75, 3.05) is 26.2 Å². The fraction of sp³-hybridized carbons (Fsp3) is 0.444. The Morgan fingerprint density at radius 1 is 1.28 bits per heavy atom. The molecule has 1 aromatic heterocycles. The number of carbonyl (C=O) groups excluding carboxylic acids is 1. The molecule has 3 rings (SSSR count).